The maximum atomic E-state index is 13.1. The molecule has 3 aromatic rings. The van der Waals surface area contributed by atoms with Crippen LogP contribution in [0.1, 0.15) is 34.5 Å². The monoisotopic (exact) mass is 433 g/mol. The molecule has 1 fully saturated rings. The second-order valence-corrected chi connectivity index (χ2v) is 8.41. The lowest BCUT2D eigenvalue weighted by molar-refractivity contribution is -0.140. The van der Waals surface area contributed by atoms with Gasteiger partial charge in [0.1, 0.15) is 11.5 Å². The van der Waals surface area contributed by atoms with Crippen LogP contribution in [0.15, 0.2) is 71.6 Å². The Morgan fingerprint density at radius 1 is 1.10 bits per heavy atom. The van der Waals surface area contributed by atoms with Crippen LogP contribution in [-0.4, -0.2) is 28.3 Å². The molecule has 1 aromatic heterocycles. The quantitative estimate of drug-likeness (QED) is 0.335. The van der Waals surface area contributed by atoms with Gasteiger partial charge in [0.05, 0.1) is 24.8 Å². The van der Waals surface area contributed by atoms with Gasteiger partial charge in [-0.25, -0.2) is 0 Å². The molecule has 0 spiro atoms. The van der Waals surface area contributed by atoms with Gasteiger partial charge in [0, 0.05) is 10.4 Å². The summed E-state index contributed by atoms with van der Waals surface area (Å²) >= 11 is 1.53. The lowest BCUT2D eigenvalue weighted by atomic mass is 9.94. The maximum absolute atomic E-state index is 13.1. The summed E-state index contributed by atoms with van der Waals surface area (Å²) in [5.74, 6) is -0.782. The van der Waals surface area contributed by atoms with Gasteiger partial charge < -0.3 is 14.7 Å². The largest absolute Gasteiger partial charge is 0.507 e. The highest BCUT2D eigenvalue weighted by Crippen LogP contribution is 2.40. The average molecular weight is 434 g/mol. The Hall–Kier alpha value is -3.38. The minimum absolute atomic E-state index is 0.108. The van der Waals surface area contributed by atoms with E-state index in [1.807, 2.05) is 55.6 Å². The normalized spacial score (nSPS) is 17.9. The van der Waals surface area contributed by atoms with Crippen molar-refractivity contribution in [1.29, 1.82) is 0 Å². The Morgan fingerprint density at radius 3 is 2.52 bits per heavy atom. The number of hydrogen-bond acceptors (Lipinski definition) is 5. The highest BCUT2D eigenvalue weighted by atomic mass is 32.1. The van der Waals surface area contributed by atoms with E-state index in [4.69, 9.17) is 4.74 Å². The molecule has 1 unspecified atom stereocenters. The summed E-state index contributed by atoms with van der Waals surface area (Å²) in [5, 5.41) is 13.1. The van der Waals surface area contributed by atoms with Crippen LogP contribution in [0, 0.1) is 6.92 Å². The van der Waals surface area contributed by atoms with Gasteiger partial charge in [-0.2, -0.15) is 0 Å². The zero-order chi connectivity index (χ0) is 22.0. The summed E-state index contributed by atoms with van der Waals surface area (Å²) in [6.07, 6.45) is 0. The number of amides is 1. The second kappa shape index (κ2) is 8.78. The number of ether oxygens (including phenoxy) is 1. The van der Waals surface area contributed by atoms with Gasteiger partial charge in [-0.15, -0.1) is 11.3 Å². The maximum Gasteiger partial charge on any atom is 0.295 e. The molecule has 6 heteroatoms. The van der Waals surface area contributed by atoms with E-state index >= 15 is 0 Å². The number of nitrogens with zero attached hydrogens (tertiary/aromatic N) is 1. The van der Waals surface area contributed by atoms with E-state index in [0.29, 0.717) is 24.5 Å². The summed E-state index contributed by atoms with van der Waals surface area (Å²) < 4.78 is 5.46. The average Bonchev–Trinajstić information content (AvgIpc) is 3.36. The van der Waals surface area contributed by atoms with E-state index in [1.165, 1.54) is 11.3 Å². The van der Waals surface area contributed by atoms with Gasteiger partial charge in [0.15, 0.2) is 0 Å². The van der Waals surface area contributed by atoms with E-state index in [9.17, 15) is 14.7 Å². The van der Waals surface area contributed by atoms with E-state index in [0.717, 1.165) is 16.0 Å². The number of carbonyl (C=O) groups is 2. The van der Waals surface area contributed by atoms with E-state index < -0.39 is 17.7 Å². The Kier molecular flexibility index (Phi) is 5.91. The fourth-order valence-corrected chi connectivity index (χ4v) is 4.53. The molecule has 0 radical (unpaired) electrons. The number of aryl methyl sites for hydroxylation is 1. The van der Waals surface area contributed by atoms with Crippen molar-refractivity contribution in [2.45, 2.75) is 26.4 Å². The van der Waals surface area contributed by atoms with Gasteiger partial charge in [-0.3, -0.25) is 9.59 Å². The molecule has 4 rings (SSSR count). The highest BCUT2D eigenvalue weighted by molar-refractivity contribution is 7.09. The first-order valence-electron chi connectivity index (χ1n) is 10.1. The predicted molar refractivity (Wildman–Crippen MR) is 121 cm³/mol. The van der Waals surface area contributed by atoms with Crippen molar-refractivity contribution < 1.29 is 19.4 Å². The van der Waals surface area contributed by atoms with Gasteiger partial charge in [-0.1, -0.05) is 35.9 Å². The van der Waals surface area contributed by atoms with Crippen LogP contribution < -0.4 is 4.74 Å². The molecule has 31 heavy (non-hydrogen) atoms. The van der Waals surface area contributed by atoms with Crippen LogP contribution in [0.2, 0.25) is 0 Å². The van der Waals surface area contributed by atoms with Crippen molar-refractivity contribution in [3.63, 3.8) is 0 Å². The fourth-order valence-electron chi connectivity index (χ4n) is 3.83. The number of rotatable bonds is 6. The Bertz CT molecular complexity index is 1130. The number of aliphatic hydroxyl groups is 1. The Balaban J connectivity index is 1.82. The van der Waals surface area contributed by atoms with Crippen LogP contribution in [0.3, 0.4) is 0 Å². The molecule has 158 valence electrons. The first-order valence-corrected chi connectivity index (χ1v) is 11.0. The Morgan fingerprint density at radius 2 is 1.87 bits per heavy atom. The van der Waals surface area contributed by atoms with Crippen LogP contribution in [0.25, 0.3) is 5.76 Å². The summed E-state index contributed by atoms with van der Waals surface area (Å²) in [7, 11) is 0. The van der Waals surface area contributed by atoms with Crippen molar-refractivity contribution in [1.82, 2.24) is 4.90 Å². The van der Waals surface area contributed by atoms with E-state index in [2.05, 4.69) is 0 Å². The SMILES string of the molecule is CCOc1ccc(/C(O)=C2/C(=O)C(=O)N(Cc3cccs3)C2c2cccc(C)c2)cc1. The lowest BCUT2D eigenvalue weighted by Gasteiger charge is -2.25. The minimum Gasteiger partial charge on any atom is -0.507 e. The first kappa shape index (κ1) is 20.9. The predicted octanol–water partition coefficient (Wildman–Crippen LogP) is 5.08. The summed E-state index contributed by atoms with van der Waals surface area (Å²) in [6, 6.07) is 17.7. The number of likely N-dealkylation sites (tertiary alicyclic amines) is 1. The van der Waals surface area contributed by atoms with Crippen molar-refractivity contribution >= 4 is 28.8 Å². The number of Topliss-reactive ketones (excluding diaryl/α,β-unsaturated/α-hetero) is 1. The zero-order valence-corrected chi connectivity index (χ0v) is 18.2. The van der Waals surface area contributed by atoms with Gasteiger partial charge in [-0.05, 0) is 55.1 Å². The smallest absolute Gasteiger partial charge is 0.295 e. The molecule has 2 heterocycles. The molecular formula is C25H23NO4S. The summed E-state index contributed by atoms with van der Waals surface area (Å²) in [6.45, 7) is 4.69. The zero-order valence-electron chi connectivity index (χ0n) is 17.4. The van der Waals surface area contributed by atoms with Crippen LogP contribution >= 0.6 is 11.3 Å². The fraction of sp³-hybridized carbons (Fsp3) is 0.200. The van der Waals surface area contributed by atoms with E-state index in [-0.39, 0.29) is 11.3 Å². The van der Waals surface area contributed by atoms with Gasteiger partial charge in [0.25, 0.3) is 11.7 Å². The minimum atomic E-state index is -0.672. The van der Waals surface area contributed by atoms with Crippen LogP contribution in [0.5, 0.6) is 5.75 Å². The molecule has 0 aliphatic carbocycles. The van der Waals surface area contributed by atoms with Crippen molar-refractivity contribution in [3.8, 4) is 5.75 Å². The molecule has 1 aliphatic heterocycles. The Labute approximate surface area is 185 Å². The molecule has 0 bridgehead atoms. The van der Waals surface area contributed by atoms with E-state index in [1.54, 1.807) is 29.2 Å². The lowest BCUT2D eigenvalue weighted by Crippen LogP contribution is -2.28. The molecule has 1 saturated heterocycles. The molecule has 5 nitrogen and oxygen atoms in total. The number of thiophene rings is 1. The topological polar surface area (TPSA) is 66.8 Å². The third-order valence-electron chi connectivity index (χ3n) is 5.24. The molecule has 1 amide bonds. The standard InChI is InChI=1S/C25H23NO4S/c1-3-30-19-11-9-17(10-12-19)23(27)21-22(18-7-4-6-16(2)14-18)26(25(29)24(21)28)15-20-8-5-13-31-20/h4-14,22,27H,3,15H2,1-2H3/b23-21-. The number of aliphatic hydroxyl groups excluding tert-OH is 1. The third kappa shape index (κ3) is 4.11. The molecule has 0 saturated carbocycles. The van der Waals surface area contributed by atoms with Crippen molar-refractivity contribution in [3.05, 3.63) is 93.2 Å². The molecule has 1 N–H and O–H groups in total. The van der Waals surface area contributed by atoms with Crippen LogP contribution in [0.4, 0.5) is 0 Å². The third-order valence-corrected chi connectivity index (χ3v) is 6.10. The summed E-state index contributed by atoms with van der Waals surface area (Å²) in [4.78, 5) is 28.6. The molecule has 2 aromatic carbocycles. The number of hydrogen-bond donors (Lipinski definition) is 1. The van der Waals surface area contributed by atoms with Crippen molar-refractivity contribution in [2.75, 3.05) is 6.61 Å². The molecule has 1 aliphatic rings. The number of benzene rings is 2. The van der Waals surface area contributed by atoms with Gasteiger partial charge in [0.2, 0.25) is 0 Å². The second-order valence-electron chi connectivity index (χ2n) is 7.38. The van der Waals surface area contributed by atoms with Crippen molar-refractivity contribution in [2.24, 2.45) is 0 Å². The first-order chi connectivity index (χ1) is 15.0. The summed E-state index contributed by atoms with van der Waals surface area (Å²) in [5.41, 5.74) is 2.38. The van der Waals surface area contributed by atoms with Crippen LogP contribution in [-0.2, 0) is 16.1 Å². The van der Waals surface area contributed by atoms with Gasteiger partial charge >= 0.3 is 0 Å². The number of ketones is 1. The molecular weight excluding hydrogens is 410 g/mol. The molecule has 1 atom stereocenters. The number of carbonyl (C=O) groups excluding carboxylic acids is 2. The highest BCUT2D eigenvalue weighted by Gasteiger charge is 2.46.